The molecule has 7 nitrogen and oxygen atoms in total. The van der Waals surface area contributed by atoms with Gasteiger partial charge in [0.15, 0.2) is 6.67 Å². The van der Waals surface area contributed by atoms with Crippen LogP contribution in [-0.4, -0.2) is 55.2 Å². The van der Waals surface area contributed by atoms with Crippen molar-refractivity contribution in [3.8, 4) is 0 Å². The van der Waals surface area contributed by atoms with E-state index >= 15 is 0 Å². The van der Waals surface area contributed by atoms with Crippen LogP contribution in [0, 0.1) is 5.92 Å². The highest BCUT2D eigenvalue weighted by atomic mass is 19.4. The van der Waals surface area contributed by atoms with Gasteiger partial charge in [0.05, 0.1) is 5.56 Å². The number of halogens is 3. The number of amides is 3. The molecule has 1 aliphatic carbocycles. The van der Waals surface area contributed by atoms with Crippen LogP contribution < -0.4 is 20.1 Å². The number of alkyl halides is 3. The number of imide groups is 1. The minimum absolute atomic E-state index is 0.106. The summed E-state index contributed by atoms with van der Waals surface area (Å²) in [6.07, 6.45) is 0.275. The Bertz CT molecular complexity index is 808. The van der Waals surface area contributed by atoms with E-state index in [1.54, 1.807) is 0 Å². The molecule has 1 aromatic heterocycles. The molecule has 1 spiro atoms. The third kappa shape index (κ3) is 3.73. The first-order chi connectivity index (χ1) is 14.2. The molecule has 0 unspecified atom stereocenters. The van der Waals surface area contributed by atoms with Crippen molar-refractivity contribution in [3.05, 3.63) is 23.9 Å². The molecule has 3 fully saturated rings. The molecule has 2 saturated heterocycles. The lowest BCUT2D eigenvalue weighted by Crippen LogP contribution is -3.16. The summed E-state index contributed by atoms with van der Waals surface area (Å²) in [6, 6.07) is 2.21. The van der Waals surface area contributed by atoms with Crippen LogP contribution in [0.1, 0.15) is 38.2 Å². The summed E-state index contributed by atoms with van der Waals surface area (Å²) < 4.78 is 38.2. The fraction of sp³-hybridized carbons (Fsp3) is 0.650. The van der Waals surface area contributed by atoms with Crippen molar-refractivity contribution >= 4 is 17.8 Å². The Morgan fingerprint density at radius 2 is 1.97 bits per heavy atom. The molecule has 10 heteroatoms. The van der Waals surface area contributed by atoms with Crippen molar-refractivity contribution < 1.29 is 32.6 Å². The van der Waals surface area contributed by atoms with E-state index in [-0.39, 0.29) is 17.9 Å². The van der Waals surface area contributed by atoms with Gasteiger partial charge in [-0.2, -0.15) is 13.2 Å². The molecular weight excluding hydrogens is 399 g/mol. The summed E-state index contributed by atoms with van der Waals surface area (Å²) in [4.78, 5) is 32.8. The smallest absolute Gasteiger partial charge is 0.323 e. The predicted molar refractivity (Wildman–Crippen MR) is 102 cm³/mol. The lowest BCUT2D eigenvalue weighted by molar-refractivity contribution is -0.908. The largest absolute Gasteiger partial charge is 0.419 e. The number of urea groups is 1. The second-order valence-corrected chi connectivity index (χ2v) is 8.64. The monoisotopic (exact) mass is 427 g/mol. The van der Waals surface area contributed by atoms with Gasteiger partial charge in [-0.05, 0) is 24.8 Å². The van der Waals surface area contributed by atoms with E-state index in [0.717, 1.165) is 36.4 Å². The van der Waals surface area contributed by atoms with Crippen molar-refractivity contribution in [2.45, 2.75) is 44.3 Å². The fourth-order valence-corrected chi connectivity index (χ4v) is 4.87. The number of carbonyl (C=O) groups is 2. The number of piperazine rings is 1. The summed E-state index contributed by atoms with van der Waals surface area (Å²) in [5.41, 5.74) is -1.45. The number of aromatic amines is 1. The third-order valence-electron chi connectivity index (χ3n) is 6.82. The van der Waals surface area contributed by atoms with Crippen molar-refractivity contribution in [2.75, 3.05) is 37.7 Å². The third-order valence-corrected chi connectivity index (χ3v) is 6.82. The van der Waals surface area contributed by atoms with Crippen LogP contribution >= 0.6 is 0 Å². The maximum absolute atomic E-state index is 13.1. The number of hydrogen-bond acceptors (Lipinski definition) is 3. The van der Waals surface area contributed by atoms with Crippen molar-refractivity contribution in [2.24, 2.45) is 5.92 Å². The van der Waals surface area contributed by atoms with E-state index in [4.69, 9.17) is 0 Å². The SMILES string of the molecule is C[C@H]1CCCC[C@]12NC(=O)N(C[NH+]1CCN(c3ccc(C(F)(F)F)c[nH+]3)CC1)C2=O. The molecule has 3 heterocycles. The zero-order valence-corrected chi connectivity index (χ0v) is 17.0. The molecule has 2 atom stereocenters. The molecule has 0 radical (unpaired) electrons. The molecule has 1 saturated carbocycles. The van der Waals surface area contributed by atoms with Gasteiger partial charge in [-0.25, -0.2) is 14.7 Å². The van der Waals surface area contributed by atoms with Crippen LogP contribution in [0.25, 0.3) is 0 Å². The average Bonchev–Trinajstić information content (AvgIpc) is 2.95. The Morgan fingerprint density at radius 3 is 2.57 bits per heavy atom. The lowest BCUT2D eigenvalue weighted by atomic mass is 9.73. The minimum Gasteiger partial charge on any atom is -0.323 e. The zero-order valence-electron chi connectivity index (χ0n) is 17.0. The van der Waals surface area contributed by atoms with Gasteiger partial charge in [-0.1, -0.05) is 19.8 Å². The maximum Gasteiger partial charge on any atom is 0.419 e. The Balaban J connectivity index is 1.35. The molecule has 3 N–H and O–H groups in total. The molecule has 4 rings (SSSR count). The Hall–Kier alpha value is -2.36. The van der Waals surface area contributed by atoms with Gasteiger partial charge >= 0.3 is 12.2 Å². The number of aromatic nitrogens is 1. The summed E-state index contributed by atoms with van der Waals surface area (Å²) in [6.45, 7) is 4.99. The topological polar surface area (TPSA) is 71.2 Å². The first-order valence-corrected chi connectivity index (χ1v) is 10.5. The number of quaternary nitrogens is 1. The molecule has 3 aliphatic rings. The molecule has 30 heavy (non-hydrogen) atoms. The molecule has 3 amide bonds. The van der Waals surface area contributed by atoms with Gasteiger partial charge in [0.1, 0.15) is 37.9 Å². The van der Waals surface area contributed by atoms with E-state index in [0.29, 0.717) is 45.1 Å². The summed E-state index contributed by atoms with van der Waals surface area (Å²) >= 11 is 0. The standard InChI is InChI=1S/C20H26F3N5O2/c1-14-4-2-3-7-19(14)17(29)28(18(30)25-19)13-26-8-10-27(11-9-26)16-6-5-15(12-24-16)20(21,22)23/h5-6,12,14H,2-4,7-11,13H2,1H3,(H,25,30)/p+2/t14-,19-/m0/s1. The highest BCUT2D eigenvalue weighted by Crippen LogP contribution is 2.37. The summed E-state index contributed by atoms with van der Waals surface area (Å²) in [5.74, 6) is 0.660. The van der Waals surface area contributed by atoms with E-state index in [1.165, 1.54) is 11.0 Å². The first-order valence-electron chi connectivity index (χ1n) is 10.5. The van der Waals surface area contributed by atoms with Crippen molar-refractivity contribution in [1.82, 2.24) is 10.2 Å². The normalized spacial score (nSPS) is 28.3. The van der Waals surface area contributed by atoms with E-state index in [1.807, 2.05) is 11.8 Å². The second-order valence-electron chi connectivity index (χ2n) is 8.64. The number of pyridine rings is 1. The highest BCUT2D eigenvalue weighted by molar-refractivity contribution is 6.07. The molecule has 0 bridgehead atoms. The quantitative estimate of drug-likeness (QED) is 0.698. The van der Waals surface area contributed by atoms with Crippen LogP contribution in [0.4, 0.5) is 23.8 Å². The van der Waals surface area contributed by atoms with Crippen LogP contribution in [0.2, 0.25) is 0 Å². The van der Waals surface area contributed by atoms with Crippen molar-refractivity contribution in [3.63, 3.8) is 0 Å². The van der Waals surface area contributed by atoms with Gasteiger partial charge in [-0.15, -0.1) is 0 Å². The average molecular weight is 427 g/mol. The molecule has 0 aromatic carbocycles. The van der Waals surface area contributed by atoms with Crippen LogP contribution in [0.15, 0.2) is 18.3 Å². The number of nitrogens with zero attached hydrogens (tertiary/aromatic N) is 2. The molecular formula is C20H28F3N5O2+2. The number of hydrogen-bond donors (Lipinski definition) is 2. The lowest BCUT2D eigenvalue weighted by Gasteiger charge is -2.37. The Morgan fingerprint density at radius 1 is 1.23 bits per heavy atom. The van der Waals surface area contributed by atoms with E-state index < -0.39 is 17.3 Å². The zero-order chi connectivity index (χ0) is 21.5. The number of rotatable bonds is 3. The van der Waals surface area contributed by atoms with Gasteiger partial charge in [-0.3, -0.25) is 9.69 Å². The number of nitrogens with one attached hydrogen (secondary N) is 3. The molecule has 1 aromatic rings. The summed E-state index contributed by atoms with van der Waals surface area (Å²) in [5, 5.41) is 2.98. The number of anilines is 1. The van der Waals surface area contributed by atoms with Crippen LogP contribution in [-0.2, 0) is 11.0 Å². The first kappa shape index (κ1) is 20.9. The van der Waals surface area contributed by atoms with Gasteiger partial charge in [0.25, 0.3) is 11.7 Å². The number of H-pyrrole nitrogens is 1. The summed E-state index contributed by atoms with van der Waals surface area (Å²) in [7, 11) is 0. The van der Waals surface area contributed by atoms with E-state index in [9.17, 15) is 22.8 Å². The fourth-order valence-electron chi connectivity index (χ4n) is 4.87. The molecule has 164 valence electrons. The Kier molecular flexibility index (Phi) is 5.37. The van der Waals surface area contributed by atoms with Crippen LogP contribution in [0.5, 0.6) is 0 Å². The predicted octanol–water partition coefficient (Wildman–Crippen LogP) is 0.683. The van der Waals surface area contributed by atoms with Gasteiger partial charge in [0.2, 0.25) is 0 Å². The number of carbonyl (C=O) groups excluding carboxylic acids is 2. The maximum atomic E-state index is 13.1. The van der Waals surface area contributed by atoms with E-state index in [2.05, 4.69) is 10.3 Å². The van der Waals surface area contributed by atoms with Gasteiger partial charge in [0, 0.05) is 6.07 Å². The van der Waals surface area contributed by atoms with Crippen LogP contribution in [0.3, 0.4) is 0 Å². The van der Waals surface area contributed by atoms with Crippen molar-refractivity contribution in [1.29, 1.82) is 0 Å². The highest BCUT2D eigenvalue weighted by Gasteiger charge is 2.55. The minimum atomic E-state index is -4.37. The van der Waals surface area contributed by atoms with Gasteiger partial charge < -0.3 is 10.2 Å². The Labute approximate surface area is 173 Å². The second kappa shape index (κ2) is 7.72. The molecule has 2 aliphatic heterocycles.